The minimum absolute atomic E-state index is 0.0515. The molecule has 3 rings (SSSR count). The van der Waals surface area contributed by atoms with Crippen molar-refractivity contribution in [3.05, 3.63) is 87.7 Å². The van der Waals surface area contributed by atoms with Crippen molar-refractivity contribution < 1.29 is 9.18 Å². The first-order chi connectivity index (χ1) is 12.0. The molecule has 1 amide bonds. The second-order valence-electron chi connectivity index (χ2n) is 5.43. The number of carbonyl (C=O) groups excluding carboxylic acids is 1. The molecule has 0 saturated carbocycles. The van der Waals surface area contributed by atoms with E-state index in [4.69, 9.17) is 23.2 Å². The summed E-state index contributed by atoms with van der Waals surface area (Å²) < 4.78 is 15.5. The van der Waals surface area contributed by atoms with E-state index < -0.39 is 11.7 Å². The van der Waals surface area contributed by atoms with Crippen molar-refractivity contribution in [1.29, 1.82) is 0 Å². The Hall–Kier alpha value is -2.37. The van der Waals surface area contributed by atoms with Crippen LogP contribution >= 0.6 is 23.2 Å². The van der Waals surface area contributed by atoms with Gasteiger partial charge in [-0.25, -0.2) is 9.37 Å². The standard InChI is InChI=1S/C18H14Cl2FN3O/c19-15-8-16(20)17(21)7-14(15)18(25)23-9-12-3-1-2-4-13(12)10-24-6-5-22-11-24/h1-8,11H,9-10H2,(H,23,25). The van der Waals surface area contributed by atoms with Crippen molar-refractivity contribution in [3.8, 4) is 0 Å². The van der Waals surface area contributed by atoms with E-state index in [0.29, 0.717) is 13.1 Å². The number of nitrogens with zero attached hydrogens (tertiary/aromatic N) is 2. The molecule has 25 heavy (non-hydrogen) atoms. The van der Waals surface area contributed by atoms with Gasteiger partial charge in [-0.1, -0.05) is 47.5 Å². The molecule has 0 aliphatic rings. The number of hydrogen-bond donors (Lipinski definition) is 1. The maximum atomic E-state index is 13.6. The Morgan fingerprint density at radius 3 is 2.64 bits per heavy atom. The summed E-state index contributed by atoms with van der Waals surface area (Å²) in [5, 5.41) is 2.75. The fraction of sp³-hybridized carbons (Fsp3) is 0.111. The number of aromatic nitrogens is 2. The average Bonchev–Trinajstić information content (AvgIpc) is 3.10. The second kappa shape index (κ2) is 7.68. The summed E-state index contributed by atoms with van der Waals surface area (Å²) in [6.45, 7) is 0.937. The lowest BCUT2D eigenvalue weighted by Crippen LogP contribution is -2.24. The van der Waals surface area contributed by atoms with Gasteiger partial charge in [0.1, 0.15) is 5.82 Å². The average molecular weight is 378 g/mol. The van der Waals surface area contributed by atoms with Gasteiger partial charge in [0.05, 0.1) is 21.9 Å². The van der Waals surface area contributed by atoms with Gasteiger partial charge < -0.3 is 9.88 Å². The Bertz CT molecular complexity index is 897. The van der Waals surface area contributed by atoms with Crippen LogP contribution in [0.5, 0.6) is 0 Å². The minimum atomic E-state index is -0.684. The molecule has 0 radical (unpaired) electrons. The summed E-state index contributed by atoms with van der Waals surface area (Å²) in [6.07, 6.45) is 5.30. The van der Waals surface area contributed by atoms with Crippen molar-refractivity contribution in [2.45, 2.75) is 13.1 Å². The third-order valence-electron chi connectivity index (χ3n) is 3.72. The molecule has 4 nitrogen and oxygen atoms in total. The largest absolute Gasteiger partial charge is 0.348 e. The molecule has 0 aliphatic carbocycles. The van der Waals surface area contributed by atoms with Gasteiger partial charge in [0.15, 0.2) is 0 Å². The van der Waals surface area contributed by atoms with Crippen LogP contribution in [0, 0.1) is 5.82 Å². The van der Waals surface area contributed by atoms with Gasteiger partial charge in [-0.3, -0.25) is 4.79 Å². The molecular weight excluding hydrogens is 364 g/mol. The van der Waals surface area contributed by atoms with Gasteiger partial charge in [0, 0.05) is 25.5 Å². The zero-order chi connectivity index (χ0) is 17.8. The molecule has 0 saturated heterocycles. The fourth-order valence-corrected chi connectivity index (χ4v) is 2.90. The molecule has 0 aliphatic heterocycles. The summed E-state index contributed by atoms with van der Waals surface area (Å²) in [5.41, 5.74) is 2.06. The van der Waals surface area contributed by atoms with Crippen molar-refractivity contribution in [2.75, 3.05) is 0 Å². The van der Waals surface area contributed by atoms with E-state index in [1.165, 1.54) is 6.07 Å². The topological polar surface area (TPSA) is 46.9 Å². The van der Waals surface area contributed by atoms with Gasteiger partial charge in [-0.15, -0.1) is 0 Å². The summed E-state index contributed by atoms with van der Waals surface area (Å²) in [7, 11) is 0. The van der Waals surface area contributed by atoms with Crippen LogP contribution in [-0.4, -0.2) is 15.5 Å². The van der Waals surface area contributed by atoms with Gasteiger partial charge in [-0.05, 0) is 23.3 Å². The predicted molar refractivity (Wildman–Crippen MR) is 95.4 cm³/mol. The highest BCUT2D eigenvalue weighted by molar-refractivity contribution is 6.36. The zero-order valence-corrected chi connectivity index (χ0v) is 14.6. The first-order valence-corrected chi connectivity index (χ1v) is 8.25. The van der Waals surface area contributed by atoms with Crippen LogP contribution in [0.3, 0.4) is 0 Å². The number of imidazole rings is 1. The van der Waals surface area contributed by atoms with E-state index in [1.54, 1.807) is 12.5 Å². The SMILES string of the molecule is O=C(NCc1ccccc1Cn1ccnc1)c1cc(F)c(Cl)cc1Cl. The second-order valence-corrected chi connectivity index (χ2v) is 6.25. The van der Waals surface area contributed by atoms with E-state index in [1.807, 2.05) is 35.0 Å². The first kappa shape index (κ1) is 17.5. The van der Waals surface area contributed by atoms with Crippen molar-refractivity contribution in [1.82, 2.24) is 14.9 Å². The highest BCUT2D eigenvalue weighted by Gasteiger charge is 2.14. The number of benzene rings is 2. The van der Waals surface area contributed by atoms with E-state index in [2.05, 4.69) is 10.3 Å². The quantitative estimate of drug-likeness (QED) is 0.673. The Kier molecular flexibility index (Phi) is 5.36. The predicted octanol–water partition coefficient (Wildman–Crippen LogP) is 4.31. The van der Waals surface area contributed by atoms with Crippen LogP contribution < -0.4 is 5.32 Å². The molecule has 0 atom stereocenters. The summed E-state index contributed by atoms with van der Waals surface area (Å²) in [5.74, 6) is -1.14. The molecule has 0 fully saturated rings. The Morgan fingerprint density at radius 2 is 1.92 bits per heavy atom. The summed E-state index contributed by atoms with van der Waals surface area (Å²) in [6, 6.07) is 10.0. The van der Waals surface area contributed by atoms with Crippen molar-refractivity contribution in [3.63, 3.8) is 0 Å². The molecule has 128 valence electrons. The molecule has 0 unspecified atom stereocenters. The van der Waals surface area contributed by atoms with Gasteiger partial charge in [0.2, 0.25) is 0 Å². The molecule has 1 heterocycles. The van der Waals surface area contributed by atoms with Crippen LogP contribution in [0.15, 0.2) is 55.1 Å². The lowest BCUT2D eigenvalue weighted by atomic mass is 10.1. The van der Waals surface area contributed by atoms with E-state index in [9.17, 15) is 9.18 Å². The number of rotatable bonds is 5. The Labute approximate surface area is 154 Å². The number of amides is 1. The molecule has 2 aromatic carbocycles. The van der Waals surface area contributed by atoms with Crippen LogP contribution in [0.1, 0.15) is 21.5 Å². The Morgan fingerprint density at radius 1 is 1.16 bits per heavy atom. The maximum Gasteiger partial charge on any atom is 0.253 e. The number of carbonyl (C=O) groups is 1. The van der Waals surface area contributed by atoms with Crippen LogP contribution in [0.2, 0.25) is 10.0 Å². The van der Waals surface area contributed by atoms with Crippen LogP contribution in [0.25, 0.3) is 0 Å². The van der Waals surface area contributed by atoms with Crippen LogP contribution in [-0.2, 0) is 13.1 Å². The zero-order valence-electron chi connectivity index (χ0n) is 13.0. The normalized spacial score (nSPS) is 10.7. The summed E-state index contributed by atoms with van der Waals surface area (Å²) >= 11 is 11.6. The van der Waals surface area contributed by atoms with Gasteiger partial charge in [-0.2, -0.15) is 0 Å². The van der Waals surface area contributed by atoms with Gasteiger partial charge in [0.25, 0.3) is 5.91 Å². The minimum Gasteiger partial charge on any atom is -0.348 e. The lowest BCUT2D eigenvalue weighted by molar-refractivity contribution is 0.0950. The molecule has 0 bridgehead atoms. The Balaban J connectivity index is 1.74. The lowest BCUT2D eigenvalue weighted by Gasteiger charge is -2.12. The highest BCUT2D eigenvalue weighted by Crippen LogP contribution is 2.24. The third-order valence-corrected chi connectivity index (χ3v) is 4.33. The highest BCUT2D eigenvalue weighted by atomic mass is 35.5. The fourth-order valence-electron chi connectivity index (χ4n) is 2.43. The molecule has 7 heteroatoms. The number of halogens is 3. The number of hydrogen-bond acceptors (Lipinski definition) is 2. The van der Waals surface area contributed by atoms with E-state index >= 15 is 0 Å². The maximum absolute atomic E-state index is 13.6. The first-order valence-electron chi connectivity index (χ1n) is 7.50. The van der Waals surface area contributed by atoms with Crippen molar-refractivity contribution >= 4 is 29.1 Å². The summed E-state index contributed by atoms with van der Waals surface area (Å²) in [4.78, 5) is 16.3. The molecular formula is C18H14Cl2FN3O. The molecule has 0 spiro atoms. The van der Waals surface area contributed by atoms with Crippen molar-refractivity contribution in [2.24, 2.45) is 0 Å². The molecule has 1 N–H and O–H groups in total. The van der Waals surface area contributed by atoms with E-state index in [0.717, 1.165) is 17.2 Å². The van der Waals surface area contributed by atoms with E-state index in [-0.39, 0.29) is 15.6 Å². The van der Waals surface area contributed by atoms with Gasteiger partial charge >= 0.3 is 0 Å². The smallest absolute Gasteiger partial charge is 0.253 e. The number of nitrogens with one attached hydrogen (secondary N) is 1. The third kappa shape index (κ3) is 4.18. The molecule has 3 aromatic rings. The molecule has 1 aromatic heterocycles. The van der Waals surface area contributed by atoms with Crippen LogP contribution in [0.4, 0.5) is 4.39 Å². The monoisotopic (exact) mass is 377 g/mol.